The molecule has 0 saturated carbocycles. The highest BCUT2D eigenvalue weighted by molar-refractivity contribution is 5.88. The van der Waals surface area contributed by atoms with Crippen LogP contribution in [0.5, 0.6) is 11.5 Å². The van der Waals surface area contributed by atoms with E-state index in [4.69, 9.17) is 19.7 Å². The number of carboxylic acids is 2. The average molecular weight is 252 g/mol. The molecule has 1 aromatic rings. The van der Waals surface area contributed by atoms with E-state index >= 15 is 0 Å². The molecule has 6 nitrogen and oxygen atoms in total. The molecule has 0 saturated heterocycles. The van der Waals surface area contributed by atoms with Gasteiger partial charge in [-0.05, 0) is 18.2 Å². The molecule has 0 radical (unpaired) electrons. The van der Waals surface area contributed by atoms with Gasteiger partial charge in [-0.15, -0.1) is 0 Å². The van der Waals surface area contributed by atoms with Crippen LogP contribution >= 0.6 is 0 Å². The smallest absolute Gasteiger partial charge is 0.335 e. The third-order valence-corrected chi connectivity index (χ3v) is 2.11. The Kier molecular flexibility index (Phi) is 4.31. The number of benzene rings is 1. The fourth-order valence-corrected chi connectivity index (χ4v) is 1.15. The number of hydrogen-bond acceptors (Lipinski definition) is 4. The summed E-state index contributed by atoms with van der Waals surface area (Å²) in [6.07, 6.45) is 0. The SMILES string of the molecule is C=C(COc1cc(C(=O)O)ccc1OC)C(=O)O. The van der Waals surface area contributed by atoms with Crippen LogP contribution in [0, 0.1) is 0 Å². The second-order valence-electron chi connectivity index (χ2n) is 3.37. The zero-order valence-electron chi connectivity index (χ0n) is 9.67. The van der Waals surface area contributed by atoms with Gasteiger partial charge in [0, 0.05) is 0 Å². The minimum Gasteiger partial charge on any atom is -0.493 e. The third-order valence-electron chi connectivity index (χ3n) is 2.11. The molecule has 0 amide bonds. The van der Waals surface area contributed by atoms with Crippen LogP contribution in [-0.2, 0) is 4.79 Å². The number of aromatic carboxylic acids is 1. The zero-order valence-corrected chi connectivity index (χ0v) is 9.67. The first-order valence-corrected chi connectivity index (χ1v) is 4.91. The zero-order chi connectivity index (χ0) is 13.7. The number of carbonyl (C=O) groups is 2. The van der Waals surface area contributed by atoms with Crippen molar-refractivity contribution in [2.24, 2.45) is 0 Å². The molecule has 2 N–H and O–H groups in total. The number of carboxylic acid groups (broad SMARTS) is 2. The van der Waals surface area contributed by atoms with Crippen molar-refractivity contribution in [2.75, 3.05) is 13.7 Å². The van der Waals surface area contributed by atoms with Crippen molar-refractivity contribution in [3.63, 3.8) is 0 Å². The molecule has 96 valence electrons. The Labute approximate surface area is 103 Å². The standard InChI is InChI=1S/C12H12O6/c1-7(11(13)14)6-18-10-5-8(12(15)16)3-4-9(10)17-2/h3-5H,1,6H2,2H3,(H,13,14)(H,15,16). The molecular weight excluding hydrogens is 240 g/mol. The summed E-state index contributed by atoms with van der Waals surface area (Å²) in [6.45, 7) is 3.05. The highest BCUT2D eigenvalue weighted by Crippen LogP contribution is 2.28. The molecule has 0 aromatic heterocycles. The van der Waals surface area contributed by atoms with Gasteiger partial charge >= 0.3 is 11.9 Å². The fraction of sp³-hybridized carbons (Fsp3) is 0.167. The van der Waals surface area contributed by atoms with Gasteiger partial charge in [0.1, 0.15) is 6.61 Å². The van der Waals surface area contributed by atoms with Gasteiger partial charge in [0.15, 0.2) is 11.5 Å². The minimum atomic E-state index is -1.18. The number of rotatable bonds is 6. The lowest BCUT2D eigenvalue weighted by molar-refractivity contribution is -0.133. The molecule has 0 heterocycles. The normalized spacial score (nSPS) is 9.61. The number of hydrogen-bond donors (Lipinski definition) is 2. The average Bonchev–Trinajstić information content (AvgIpc) is 2.35. The number of methoxy groups -OCH3 is 1. The van der Waals surface area contributed by atoms with Crippen molar-refractivity contribution in [3.8, 4) is 11.5 Å². The first-order chi connectivity index (χ1) is 8.45. The number of ether oxygens (including phenoxy) is 2. The van der Waals surface area contributed by atoms with E-state index in [2.05, 4.69) is 6.58 Å². The molecule has 6 heteroatoms. The maximum absolute atomic E-state index is 10.8. The van der Waals surface area contributed by atoms with Crippen LogP contribution in [0.1, 0.15) is 10.4 Å². The monoisotopic (exact) mass is 252 g/mol. The summed E-state index contributed by atoms with van der Waals surface area (Å²) in [5.74, 6) is -1.82. The van der Waals surface area contributed by atoms with Gasteiger partial charge in [0.2, 0.25) is 0 Å². The summed E-state index contributed by atoms with van der Waals surface area (Å²) in [6, 6.07) is 4.05. The third kappa shape index (κ3) is 3.24. The second-order valence-corrected chi connectivity index (χ2v) is 3.37. The van der Waals surface area contributed by atoms with Crippen LogP contribution < -0.4 is 9.47 Å². The molecule has 0 aliphatic carbocycles. The quantitative estimate of drug-likeness (QED) is 0.743. The Morgan fingerprint density at radius 2 is 1.94 bits per heavy atom. The van der Waals surface area contributed by atoms with Crippen LogP contribution in [0.4, 0.5) is 0 Å². The minimum absolute atomic E-state index is 0.0201. The molecular formula is C12H12O6. The fourth-order valence-electron chi connectivity index (χ4n) is 1.15. The van der Waals surface area contributed by atoms with E-state index < -0.39 is 11.9 Å². The van der Waals surface area contributed by atoms with Crippen LogP contribution in [-0.4, -0.2) is 35.9 Å². The van der Waals surface area contributed by atoms with Crippen molar-refractivity contribution >= 4 is 11.9 Å². The second kappa shape index (κ2) is 5.72. The summed E-state index contributed by atoms with van der Waals surface area (Å²) in [5, 5.41) is 17.5. The van der Waals surface area contributed by atoms with Crippen molar-refractivity contribution in [1.29, 1.82) is 0 Å². The summed E-state index contributed by atoms with van der Waals surface area (Å²) in [5.41, 5.74) is -0.121. The first-order valence-electron chi connectivity index (χ1n) is 4.91. The molecule has 0 bridgehead atoms. The molecule has 1 aromatic carbocycles. The lowest BCUT2D eigenvalue weighted by Crippen LogP contribution is -2.10. The van der Waals surface area contributed by atoms with Gasteiger partial charge in [-0.1, -0.05) is 6.58 Å². The Hall–Kier alpha value is -2.50. The van der Waals surface area contributed by atoms with Gasteiger partial charge in [0.25, 0.3) is 0 Å². The Balaban J connectivity index is 2.91. The Bertz CT molecular complexity index is 491. The highest BCUT2D eigenvalue weighted by atomic mass is 16.5. The first kappa shape index (κ1) is 13.6. The van der Waals surface area contributed by atoms with Crippen LogP contribution in [0.2, 0.25) is 0 Å². The maximum atomic E-state index is 10.8. The van der Waals surface area contributed by atoms with E-state index in [-0.39, 0.29) is 23.5 Å². The molecule has 0 aliphatic rings. The van der Waals surface area contributed by atoms with E-state index in [1.54, 1.807) is 0 Å². The van der Waals surface area contributed by atoms with Gasteiger partial charge in [-0.25, -0.2) is 9.59 Å². The lowest BCUT2D eigenvalue weighted by Gasteiger charge is -2.11. The van der Waals surface area contributed by atoms with E-state index in [1.165, 1.54) is 25.3 Å². The molecule has 0 atom stereocenters. The topological polar surface area (TPSA) is 93.1 Å². The van der Waals surface area contributed by atoms with Gasteiger partial charge in [0.05, 0.1) is 18.2 Å². The molecule has 18 heavy (non-hydrogen) atoms. The largest absolute Gasteiger partial charge is 0.493 e. The van der Waals surface area contributed by atoms with Crippen molar-refractivity contribution in [2.45, 2.75) is 0 Å². The highest BCUT2D eigenvalue weighted by Gasteiger charge is 2.12. The Morgan fingerprint density at radius 3 is 2.44 bits per heavy atom. The van der Waals surface area contributed by atoms with Gasteiger partial charge in [-0.2, -0.15) is 0 Å². The maximum Gasteiger partial charge on any atom is 0.335 e. The summed E-state index contributed by atoms with van der Waals surface area (Å²) in [4.78, 5) is 21.3. The summed E-state index contributed by atoms with van der Waals surface area (Å²) < 4.78 is 10.2. The molecule has 1 rings (SSSR count). The molecule has 0 spiro atoms. The summed E-state index contributed by atoms with van der Waals surface area (Å²) >= 11 is 0. The predicted octanol–water partition coefficient (Wildman–Crippen LogP) is 1.41. The van der Waals surface area contributed by atoms with Crippen LogP contribution in [0.3, 0.4) is 0 Å². The van der Waals surface area contributed by atoms with Crippen molar-refractivity contribution < 1.29 is 29.3 Å². The molecule has 0 unspecified atom stereocenters. The van der Waals surface area contributed by atoms with E-state index in [1.807, 2.05) is 0 Å². The predicted molar refractivity (Wildman–Crippen MR) is 62.2 cm³/mol. The van der Waals surface area contributed by atoms with E-state index in [9.17, 15) is 9.59 Å². The molecule has 0 fully saturated rings. The Morgan fingerprint density at radius 1 is 1.28 bits per heavy atom. The van der Waals surface area contributed by atoms with Crippen LogP contribution in [0.25, 0.3) is 0 Å². The van der Waals surface area contributed by atoms with Gasteiger partial charge in [-0.3, -0.25) is 0 Å². The number of aliphatic carboxylic acids is 1. The summed E-state index contributed by atoms with van der Waals surface area (Å²) in [7, 11) is 1.40. The molecule has 0 aliphatic heterocycles. The van der Waals surface area contributed by atoms with E-state index in [0.29, 0.717) is 5.75 Å². The van der Waals surface area contributed by atoms with E-state index in [0.717, 1.165) is 0 Å². The van der Waals surface area contributed by atoms with Crippen molar-refractivity contribution in [1.82, 2.24) is 0 Å². The van der Waals surface area contributed by atoms with Crippen molar-refractivity contribution in [3.05, 3.63) is 35.9 Å². The lowest BCUT2D eigenvalue weighted by atomic mass is 10.2. The van der Waals surface area contributed by atoms with Gasteiger partial charge < -0.3 is 19.7 Å². The van der Waals surface area contributed by atoms with Crippen LogP contribution in [0.15, 0.2) is 30.4 Å².